The van der Waals surface area contributed by atoms with E-state index in [1.54, 1.807) is 18.4 Å². The largest absolute Gasteiger partial charge is 0.332 e. The van der Waals surface area contributed by atoms with Crippen molar-refractivity contribution in [1.29, 1.82) is 0 Å². The third kappa shape index (κ3) is 2.17. The fourth-order valence-electron chi connectivity index (χ4n) is 3.32. The molecule has 0 N–H and O–H groups in total. The zero-order chi connectivity index (χ0) is 18.6. The maximum absolute atomic E-state index is 13.0. The first-order valence-electron chi connectivity index (χ1n) is 8.30. The van der Waals surface area contributed by atoms with Crippen LogP contribution in [0.3, 0.4) is 0 Å². The number of nitrogens with zero attached hydrogens (tertiary/aromatic N) is 5. The molecule has 0 amide bonds. The van der Waals surface area contributed by atoms with Crippen LogP contribution in [0.4, 0.5) is 0 Å². The first-order chi connectivity index (χ1) is 12.4. The van der Waals surface area contributed by atoms with Gasteiger partial charge in [-0.15, -0.1) is 0 Å². The third-order valence-electron chi connectivity index (χ3n) is 4.47. The van der Waals surface area contributed by atoms with E-state index >= 15 is 0 Å². The molecular weight excluding hydrogens is 330 g/mol. The summed E-state index contributed by atoms with van der Waals surface area (Å²) in [6.45, 7) is 7.75. The molecule has 3 aromatic heterocycles. The summed E-state index contributed by atoms with van der Waals surface area (Å²) in [5.74, 6) is 0.601. The number of para-hydroxylation sites is 1. The molecule has 0 saturated carbocycles. The second-order valence-electron chi connectivity index (χ2n) is 6.59. The van der Waals surface area contributed by atoms with Crippen LogP contribution in [-0.2, 0) is 13.6 Å². The van der Waals surface area contributed by atoms with Crippen molar-refractivity contribution in [1.82, 2.24) is 23.1 Å². The average Bonchev–Trinajstić information content (AvgIpc) is 3.12. The van der Waals surface area contributed by atoms with Crippen molar-refractivity contribution in [2.24, 2.45) is 7.05 Å². The molecule has 0 aliphatic heterocycles. The molecule has 26 heavy (non-hydrogen) atoms. The molecule has 7 heteroatoms. The Morgan fingerprint density at radius 2 is 1.88 bits per heavy atom. The minimum atomic E-state index is -0.394. The highest BCUT2D eigenvalue weighted by molar-refractivity contribution is 5.76. The lowest BCUT2D eigenvalue weighted by atomic mass is 10.3. The maximum atomic E-state index is 13.0. The smallest absolute Gasteiger partial charge is 0.283 e. The summed E-state index contributed by atoms with van der Waals surface area (Å²) in [6, 6.07) is 9.80. The predicted molar refractivity (Wildman–Crippen MR) is 101 cm³/mol. The molecule has 4 aromatic rings. The van der Waals surface area contributed by atoms with E-state index in [9.17, 15) is 9.59 Å². The average molecular weight is 349 g/mol. The number of aromatic nitrogens is 5. The molecule has 0 radical (unpaired) electrons. The minimum absolute atomic E-state index is 0.188. The normalized spacial score (nSPS) is 11.5. The summed E-state index contributed by atoms with van der Waals surface area (Å²) in [6.07, 6.45) is 1.87. The summed E-state index contributed by atoms with van der Waals surface area (Å²) in [4.78, 5) is 30.2. The quantitative estimate of drug-likeness (QED) is 0.532. The van der Waals surface area contributed by atoms with E-state index in [0.29, 0.717) is 16.9 Å². The van der Waals surface area contributed by atoms with Gasteiger partial charge in [-0.3, -0.25) is 22.9 Å². The summed E-state index contributed by atoms with van der Waals surface area (Å²) >= 11 is 0. The topological polar surface area (TPSA) is 66.2 Å². The van der Waals surface area contributed by atoms with Crippen LogP contribution < -0.4 is 11.2 Å². The number of benzene rings is 1. The van der Waals surface area contributed by atoms with Gasteiger partial charge in [-0.1, -0.05) is 30.4 Å². The lowest BCUT2D eigenvalue weighted by Gasteiger charge is -2.07. The molecule has 0 aliphatic rings. The zero-order valence-corrected chi connectivity index (χ0v) is 14.9. The van der Waals surface area contributed by atoms with Gasteiger partial charge in [0.2, 0.25) is 5.78 Å². The standard InChI is InChI=1S/C19H19N5O2/c1-12(2)10-23-17(25)15-16(21(4)19(23)26)20-18-22(15)11-13(3)24(18)14-8-6-5-7-9-14/h5-9,11H,1,10H2,2-4H3. The Morgan fingerprint density at radius 1 is 1.19 bits per heavy atom. The van der Waals surface area contributed by atoms with E-state index in [-0.39, 0.29) is 12.1 Å². The van der Waals surface area contributed by atoms with Crippen LogP contribution in [0.15, 0.2) is 58.3 Å². The lowest BCUT2D eigenvalue weighted by Crippen LogP contribution is -2.39. The van der Waals surface area contributed by atoms with Crippen molar-refractivity contribution < 1.29 is 0 Å². The van der Waals surface area contributed by atoms with Gasteiger partial charge in [0.15, 0.2) is 11.2 Å². The number of imidazole rings is 2. The molecular formula is C19H19N5O2. The van der Waals surface area contributed by atoms with E-state index in [1.165, 1.54) is 9.13 Å². The molecule has 0 aliphatic carbocycles. The second-order valence-corrected chi connectivity index (χ2v) is 6.59. The zero-order valence-electron chi connectivity index (χ0n) is 14.9. The molecule has 0 bridgehead atoms. The number of allylic oxidation sites excluding steroid dienone is 1. The summed E-state index contributed by atoms with van der Waals surface area (Å²) in [5, 5.41) is 0. The van der Waals surface area contributed by atoms with Crippen molar-refractivity contribution >= 4 is 16.9 Å². The maximum Gasteiger partial charge on any atom is 0.332 e. The van der Waals surface area contributed by atoms with Gasteiger partial charge in [0.1, 0.15) is 0 Å². The van der Waals surface area contributed by atoms with Gasteiger partial charge in [0.25, 0.3) is 5.56 Å². The first-order valence-corrected chi connectivity index (χ1v) is 8.30. The molecule has 132 valence electrons. The molecule has 4 rings (SSSR count). The van der Waals surface area contributed by atoms with Crippen molar-refractivity contribution in [3.63, 3.8) is 0 Å². The number of rotatable bonds is 3. The van der Waals surface area contributed by atoms with E-state index in [4.69, 9.17) is 0 Å². The molecule has 0 fully saturated rings. The van der Waals surface area contributed by atoms with Crippen LogP contribution in [0, 0.1) is 6.92 Å². The van der Waals surface area contributed by atoms with E-state index in [2.05, 4.69) is 11.6 Å². The highest BCUT2D eigenvalue weighted by atomic mass is 16.2. The highest BCUT2D eigenvalue weighted by Gasteiger charge is 2.20. The Labute approximate surface area is 149 Å². The first kappa shape index (κ1) is 16.1. The van der Waals surface area contributed by atoms with Gasteiger partial charge in [-0.2, -0.15) is 4.98 Å². The Kier molecular flexibility index (Phi) is 3.47. The van der Waals surface area contributed by atoms with Gasteiger partial charge < -0.3 is 0 Å². The van der Waals surface area contributed by atoms with Crippen LogP contribution in [0.5, 0.6) is 0 Å². The van der Waals surface area contributed by atoms with Gasteiger partial charge in [0, 0.05) is 24.6 Å². The SMILES string of the molecule is C=C(C)Cn1c(=O)c2c(nc3n(-c4ccccc4)c(C)cn23)n(C)c1=O. The Bertz CT molecular complexity index is 1290. The van der Waals surface area contributed by atoms with Crippen molar-refractivity contribution in [2.75, 3.05) is 0 Å². The number of fused-ring (bicyclic) bond motifs is 3. The monoisotopic (exact) mass is 349 g/mol. The number of aryl methyl sites for hydroxylation is 2. The van der Waals surface area contributed by atoms with Crippen LogP contribution in [-0.4, -0.2) is 23.1 Å². The van der Waals surface area contributed by atoms with Gasteiger partial charge in [-0.05, 0) is 26.0 Å². The second kappa shape index (κ2) is 5.59. The van der Waals surface area contributed by atoms with E-state index in [0.717, 1.165) is 17.0 Å². The Morgan fingerprint density at radius 3 is 2.54 bits per heavy atom. The summed E-state index contributed by atoms with van der Waals surface area (Å²) in [7, 11) is 1.63. The van der Waals surface area contributed by atoms with Crippen LogP contribution in [0.25, 0.3) is 22.6 Å². The van der Waals surface area contributed by atoms with Gasteiger partial charge >= 0.3 is 5.69 Å². The van der Waals surface area contributed by atoms with Gasteiger partial charge in [0.05, 0.1) is 6.54 Å². The lowest BCUT2D eigenvalue weighted by molar-refractivity contribution is 0.651. The van der Waals surface area contributed by atoms with Crippen LogP contribution in [0.1, 0.15) is 12.6 Å². The van der Waals surface area contributed by atoms with Crippen LogP contribution >= 0.6 is 0 Å². The number of hydrogen-bond acceptors (Lipinski definition) is 3. The molecule has 0 saturated heterocycles. The van der Waals surface area contributed by atoms with Crippen molar-refractivity contribution in [3.8, 4) is 5.69 Å². The van der Waals surface area contributed by atoms with Crippen molar-refractivity contribution in [2.45, 2.75) is 20.4 Å². The minimum Gasteiger partial charge on any atom is -0.283 e. The number of hydrogen-bond donors (Lipinski definition) is 0. The summed E-state index contributed by atoms with van der Waals surface area (Å²) < 4.78 is 6.34. The van der Waals surface area contributed by atoms with E-state index < -0.39 is 5.69 Å². The summed E-state index contributed by atoms with van der Waals surface area (Å²) in [5.41, 5.74) is 2.64. The predicted octanol–water partition coefficient (Wildman–Crippen LogP) is 2.02. The highest BCUT2D eigenvalue weighted by Crippen LogP contribution is 2.20. The molecule has 0 spiro atoms. The van der Waals surface area contributed by atoms with Crippen LogP contribution in [0.2, 0.25) is 0 Å². The third-order valence-corrected chi connectivity index (χ3v) is 4.47. The molecule has 7 nitrogen and oxygen atoms in total. The molecule has 0 atom stereocenters. The Balaban J connectivity index is 2.15. The fourth-order valence-corrected chi connectivity index (χ4v) is 3.32. The molecule has 1 aromatic carbocycles. The molecule has 3 heterocycles. The van der Waals surface area contributed by atoms with E-state index in [1.807, 2.05) is 48.0 Å². The fraction of sp³-hybridized carbons (Fsp3) is 0.211. The van der Waals surface area contributed by atoms with Gasteiger partial charge in [-0.25, -0.2) is 4.79 Å². The Hall–Kier alpha value is -3.35. The van der Waals surface area contributed by atoms with Crippen molar-refractivity contribution in [3.05, 3.63) is 75.2 Å². The molecule has 0 unspecified atom stereocenters.